The summed E-state index contributed by atoms with van der Waals surface area (Å²) in [6, 6.07) is 1.36. The molecule has 1 aliphatic carbocycles. The standard InChI is InChI=1S/C16H30N2O/c1-4-12(2)15-9-17-16(3,13-5-6-13)11-18(15)14-7-8-19-10-14/h12-15,17H,4-11H2,1-3H3. The van der Waals surface area contributed by atoms with Gasteiger partial charge in [-0.1, -0.05) is 20.3 Å². The Balaban J connectivity index is 1.74. The highest BCUT2D eigenvalue weighted by molar-refractivity contribution is 5.06. The van der Waals surface area contributed by atoms with Crippen molar-refractivity contribution in [3.63, 3.8) is 0 Å². The van der Waals surface area contributed by atoms with E-state index in [1.165, 1.54) is 38.8 Å². The van der Waals surface area contributed by atoms with E-state index in [0.717, 1.165) is 25.0 Å². The van der Waals surface area contributed by atoms with Crippen LogP contribution in [0.4, 0.5) is 0 Å². The highest BCUT2D eigenvalue weighted by Crippen LogP contribution is 2.42. The first-order chi connectivity index (χ1) is 9.14. The number of piperazine rings is 1. The molecule has 0 aromatic heterocycles. The van der Waals surface area contributed by atoms with Gasteiger partial charge in [-0.25, -0.2) is 0 Å². The summed E-state index contributed by atoms with van der Waals surface area (Å²) in [6.07, 6.45) is 5.35. The molecule has 4 atom stereocenters. The third kappa shape index (κ3) is 2.70. The predicted molar refractivity (Wildman–Crippen MR) is 78.3 cm³/mol. The summed E-state index contributed by atoms with van der Waals surface area (Å²) >= 11 is 0. The van der Waals surface area contributed by atoms with Crippen molar-refractivity contribution in [3.05, 3.63) is 0 Å². The quantitative estimate of drug-likeness (QED) is 0.845. The van der Waals surface area contributed by atoms with E-state index in [0.29, 0.717) is 17.6 Å². The van der Waals surface area contributed by atoms with E-state index < -0.39 is 0 Å². The summed E-state index contributed by atoms with van der Waals surface area (Å²) in [5.41, 5.74) is 0.354. The largest absolute Gasteiger partial charge is 0.380 e. The first kappa shape index (κ1) is 13.8. The molecule has 3 rings (SSSR count). The maximum atomic E-state index is 5.65. The summed E-state index contributed by atoms with van der Waals surface area (Å²) < 4.78 is 5.65. The summed E-state index contributed by atoms with van der Waals surface area (Å²) in [7, 11) is 0. The van der Waals surface area contributed by atoms with E-state index >= 15 is 0 Å². The van der Waals surface area contributed by atoms with Crippen molar-refractivity contribution < 1.29 is 4.74 Å². The molecular weight excluding hydrogens is 236 g/mol. The Bertz CT molecular complexity index is 312. The Labute approximate surface area is 118 Å². The van der Waals surface area contributed by atoms with Gasteiger partial charge in [0.25, 0.3) is 0 Å². The highest BCUT2D eigenvalue weighted by atomic mass is 16.5. The van der Waals surface area contributed by atoms with Gasteiger partial charge < -0.3 is 10.1 Å². The number of hydrogen-bond acceptors (Lipinski definition) is 3. The van der Waals surface area contributed by atoms with Gasteiger partial charge in [0.15, 0.2) is 0 Å². The number of hydrogen-bond donors (Lipinski definition) is 1. The van der Waals surface area contributed by atoms with Gasteiger partial charge in [-0.05, 0) is 38.0 Å². The van der Waals surface area contributed by atoms with Crippen molar-refractivity contribution in [2.75, 3.05) is 26.3 Å². The van der Waals surface area contributed by atoms with Crippen molar-refractivity contribution in [1.82, 2.24) is 10.2 Å². The Kier molecular flexibility index (Phi) is 3.89. The summed E-state index contributed by atoms with van der Waals surface area (Å²) in [5.74, 6) is 1.69. The number of ether oxygens (including phenoxy) is 1. The molecule has 0 bridgehead atoms. The minimum Gasteiger partial charge on any atom is -0.380 e. The summed E-state index contributed by atoms with van der Waals surface area (Å²) in [5, 5.41) is 3.89. The van der Waals surface area contributed by atoms with E-state index in [9.17, 15) is 0 Å². The van der Waals surface area contributed by atoms with Crippen LogP contribution in [0.25, 0.3) is 0 Å². The monoisotopic (exact) mass is 266 g/mol. The predicted octanol–water partition coefficient (Wildman–Crippen LogP) is 2.26. The van der Waals surface area contributed by atoms with Gasteiger partial charge in [-0.2, -0.15) is 0 Å². The van der Waals surface area contributed by atoms with E-state index in [4.69, 9.17) is 4.74 Å². The lowest BCUT2D eigenvalue weighted by Crippen LogP contribution is -2.67. The Hall–Kier alpha value is -0.120. The maximum Gasteiger partial charge on any atom is 0.0622 e. The van der Waals surface area contributed by atoms with Crippen LogP contribution in [-0.4, -0.2) is 48.8 Å². The molecule has 1 N–H and O–H groups in total. The molecule has 19 heavy (non-hydrogen) atoms. The SMILES string of the molecule is CCC(C)C1CNC(C)(C2CC2)CN1C1CCOC1. The van der Waals surface area contributed by atoms with Crippen LogP contribution in [0.5, 0.6) is 0 Å². The maximum absolute atomic E-state index is 5.65. The van der Waals surface area contributed by atoms with Gasteiger partial charge in [0.1, 0.15) is 0 Å². The third-order valence-electron chi connectivity index (χ3n) is 5.81. The molecule has 2 aliphatic heterocycles. The van der Waals surface area contributed by atoms with E-state index in [-0.39, 0.29) is 0 Å². The van der Waals surface area contributed by atoms with Gasteiger partial charge in [0.2, 0.25) is 0 Å². The lowest BCUT2D eigenvalue weighted by atomic mass is 9.85. The zero-order valence-corrected chi connectivity index (χ0v) is 12.8. The number of rotatable bonds is 4. The van der Waals surface area contributed by atoms with Gasteiger partial charge in [-0.15, -0.1) is 0 Å². The fourth-order valence-corrected chi connectivity index (χ4v) is 3.98. The van der Waals surface area contributed by atoms with Crippen LogP contribution in [0.2, 0.25) is 0 Å². The zero-order chi connectivity index (χ0) is 13.5. The van der Waals surface area contributed by atoms with Crippen molar-refractivity contribution in [3.8, 4) is 0 Å². The van der Waals surface area contributed by atoms with Crippen molar-refractivity contribution in [1.29, 1.82) is 0 Å². The van der Waals surface area contributed by atoms with Crippen molar-refractivity contribution >= 4 is 0 Å². The average Bonchev–Trinajstić information content (AvgIpc) is 3.15. The van der Waals surface area contributed by atoms with Gasteiger partial charge >= 0.3 is 0 Å². The fraction of sp³-hybridized carbons (Fsp3) is 1.00. The minimum atomic E-state index is 0.354. The summed E-state index contributed by atoms with van der Waals surface area (Å²) in [4.78, 5) is 2.80. The van der Waals surface area contributed by atoms with Crippen LogP contribution in [0.15, 0.2) is 0 Å². The molecule has 2 heterocycles. The lowest BCUT2D eigenvalue weighted by molar-refractivity contribution is 0.0104. The van der Waals surface area contributed by atoms with Crippen LogP contribution in [0.3, 0.4) is 0 Å². The average molecular weight is 266 g/mol. The molecule has 4 unspecified atom stereocenters. The Morgan fingerprint density at radius 3 is 2.74 bits per heavy atom. The van der Waals surface area contributed by atoms with E-state index in [1.54, 1.807) is 0 Å². The molecule has 0 aromatic carbocycles. The zero-order valence-electron chi connectivity index (χ0n) is 12.8. The molecule has 3 fully saturated rings. The normalized spacial score (nSPS) is 42.5. The molecule has 0 spiro atoms. The molecule has 1 saturated carbocycles. The minimum absolute atomic E-state index is 0.354. The van der Waals surface area contributed by atoms with Crippen LogP contribution in [-0.2, 0) is 4.74 Å². The molecule has 3 nitrogen and oxygen atoms in total. The van der Waals surface area contributed by atoms with E-state index in [1.807, 2.05) is 0 Å². The van der Waals surface area contributed by atoms with Crippen molar-refractivity contribution in [2.45, 2.75) is 64.1 Å². The number of nitrogens with zero attached hydrogens (tertiary/aromatic N) is 1. The van der Waals surface area contributed by atoms with Gasteiger partial charge in [-0.3, -0.25) is 4.90 Å². The van der Waals surface area contributed by atoms with Gasteiger partial charge in [0, 0.05) is 37.3 Å². The van der Waals surface area contributed by atoms with Crippen LogP contribution in [0, 0.1) is 11.8 Å². The fourth-order valence-electron chi connectivity index (χ4n) is 3.98. The van der Waals surface area contributed by atoms with E-state index in [2.05, 4.69) is 31.0 Å². The second-order valence-corrected chi connectivity index (χ2v) is 7.22. The number of nitrogens with one attached hydrogen (secondary N) is 1. The van der Waals surface area contributed by atoms with Crippen LogP contribution < -0.4 is 5.32 Å². The molecule has 0 aromatic rings. The second kappa shape index (κ2) is 5.34. The Morgan fingerprint density at radius 1 is 1.37 bits per heavy atom. The van der Waals surface area contributed by atoms with Crippen LogP contribution in [0.1, 0.15) is 46.5 Å². The lowest BCUT2D eigenvalue weighted by Gasteiger charge is -2.50. The molecule has 0 amide bonds. The topological polar surface area (TPSA) is 24.5 Å². The molecule has 3 aliphatic rings. The van der Waals surface area contributed by atoms with Crippen molar-refractivity contribution in [2.24, 2.45) is 11.8 Å². The molecule has 0 radical (unpaired) electrons. The third-order valence-corrected chi connectivity index (χ3v) is 5.81. The summed E-state index contributed by atoms with van der Waals surface area (Å²) in [6.45, 7) is 11.5. The highest BCUT2D eigenvalue weighted by Gasteiger charge is 2.48. The first-order valence-electron chi connectivity index (χ1n) is 8.22. The molecule has 110 valence electrons. The van der Waals surface area contributed by atoms with Gasteiger partial charge in [0.05, 0.1) is 6.61 Å². The van der Waals surface area contributed by atoms with Crippen LogP contribution >= 0.6 is 0 Å². The molecule has 3 heteroatoms. The smallest absolute Gasteiger partial charge is 0.0622 e. The second-order valence-electron chi connectivity index (χ2n) is 7.22. The Morgan fingerprint density at radius 2 is 2.16 bits per heavy atom. The molecule has 2 saturated heterocycles. The molecular formula is C16H30N2O. The first-order valence-corrected chi connectivity index (χ1v) is 8.22.